The molecule has 3 rings (SSSR count). The minimum absolute atomic E-state index is 0.0456. The summed E-state index contributed by atoms with van der Waals surface area (Å²) in [6.07, 6.45) is 1.44. The Morgan fingerprint density at radius 1 is 1.13 bits per heavy atom. The van der Waals surface area contributed by atoms with Crippen molar-refractivity contribution in [1.29, 1.82) is 0 Å². The van der Waals surface area contributed by atoms with Crippen LogP contribution in [-0.2, 0) is 14.9 Å². The molecule has 2 aromatic carbocycles. The van der Waals surface area contributed by atoms with E-state index in [1.807, 2.05) is 0 Å². The first-order chi connectivity index (χ1) is 14.1. The van der Waals surface area contributed by atoms with E-state index >= 15 is 0 Å². The van der Waals surface area contributed by atoms with Crippen molar-refractivity contribution in [2.24, 2.45) is 0 Å². The number of nitrogens with one attached hydrogen (secondary N) is 1. The summed E-state index contributed by atoms with van der Waals surface area (Å²) < 4.78 is 35.5. The number of nitro groups is 1. The Balaban J connectivity index is 1.92. The lowest BCUT2D eigenvalue weighted by molar-refractivity contribution is -0.385. The fraction of sp³-hybridized carbons (Fsp3) is 0.111. The Kier molecular flexibility index (Phi) is 5.80. The van der Waals surface area contributed by atoms with Crippen molar-refractivity contribution in [3.05, 3.63) is 62.5 Å². The van der Waals surface area contributed by atoms with Gasteiger partial charge in [0.25, 0.3) is 16.8 Å². The van der Waals surface area contributed by atoms with Crippen LogP contribution < -0.4 is 14.2 Å². The number of amides is 2. The number of carbonyl (C=O) groups excluding carboxylic acids is 2. The second kappa shape index (κ2) is 8.16. The molecule has 156 valence electrons. The topological polar surface area (TPSA) is 142 Å². The highest BCUT2D eigenvalue weighted by Gasteiger charge is 2.26. The highest BCUT2D eigenvalue weighted by molar-refractivity contribution is 8.18. The van der Waals surface area contributed by atoms with Gasteiger partial charge in [-0.1, -0.05) is 12.1 Å². The smallest absolute Gasteiger partial charge is 0.339 e. The average molecular weight is 450 g/mol. The van der Waals surface area contributed by atoms with Crippen LogP contribution >= 0.6 is 11.8 Å². The molecule has 2 amide bonds. The number of hydrogen-bond donors (Lipinski definition) is 1. The maximum absolute atomic E-state index is 12.6. The number of hydrogen-bond acceptors (Lipinski definition) is 9. The third-order valence-corrected chi connectivity index (χ3v) is 6.03. The number of nitrogens with zero attached hydrogens (tertiary/aromatic N) is 1. The third kappa shape index (κ3) is 4.44. The van der Waals surface area contributed by atoms with E-state index in [0.29, 0.717) is 11.1 Å². The van der Waals surface area contributed by atoms with Crippen molar-refractivity contribution in [2.45, 2.75) is 11.8 Å². The van der Waals surface area contributed by atoms with E-state index in [4.69, 9.17) is 8.92 Å². The first-order valence-corrected chi connectivity index (χ1v) is 10.5. The minimum atomic E-state index is -4.38. The quantitative estimate of drug-likeness (QED) is 0.304. The molecule has 12 heteroatoms. The second-order valence-corrected chi connectivity index (χ2v) is 8.57. The van der Waals surface area contributed by atoms with Crippen molar-refractivity contribution in [1.82, 2.24) is 5.32 Å². The summed E-state index contributed by atoms with van der Waals surface area (Å²) >= 11 is 0.737. The van der Waals surface area contributed by atoms with Crippen LogP contribution in [0.15, 0.2) is 46.2 Å². The van der Waals surface area contributed by atoms with Gasteiger partial charge in [-0.25, -0.2) is 0 Å². The molecule has 1 aliphatic rings. The van der Waals surface area contributed by atoms with Crippen molar-refractivity contribution in [3.63, 3.8) is 0 Å². The van der Waals surface area contributed by atoms with Gasteiger partial charge in [0, 0.05) is 11.6 Å². The summed E-state index contributed by atoms with van der Waals surface area (Å²) in [4.78, 5) is 33.1. The Bertz CT molecular complexity index is 1200. The summed E-state index contributed by atoms with van der Waals surface area (Å²) in [5.41, 5.74) is 0.423. The zero-order chi connectivity index (χ0) is 22.1. The standard InChI is InChI=1S/C18H14N2O8S2/c1-10-3-5-12(9-13(10)20(23)24)30(25,26)28-14-6-4-11(7-15(14)27-2)8-16-17(21)19-18(22)29-16/h3-9H,1-2H3,(H,19,21,22)/b16-8-. The van der Waals surface area contributed by atoms with Gasteiger partial charge in [-0.15, -0.1) is 0 Å². The summed E-state index contributed by atoms with van der Waals surface area (Å²) in [5, 5.41) is 12.7. The number of methoxy groups -OCH3 is 1. The van der Waals surface area contributed by atoms with E-state index in [9.17, 15) is 28.1 Å². The van der Waals surface area contributed by atoms with E-state index in [2.05, 4.69) is 5.32 Å². The molecular formula is C18H14N2O8S2. The predicted octanol–water partition coefficient (Wildman–Crippen LogP) is 3.00. The maximum Gasteiger partial charge on any atom is 0.339 e. The number of nitro benzene ring substituents is 1. The average Bonchev–Trinajstić information content (AvgIpc) is 2.99. The molecule has 0 radical (unpaired) electrons. The van der Waals surface area contributed by atoms with E-state index in [0.717, 1.165) is 17.8 Å². The van der Waals surface area contributed by atoms with Crippen LogP contribution in [0.25, 0.3) is 6.08 Å². The molecule has 0 aliphatic carbocycles. The monoisotopic (exact) mass is 450 g/mol. The van der Waals surface area contributed by atoms with Crippen LogP contribution in [0.2, 0.25) is 0 Å². The molecule has 1 saturated heterocycles. The zero-order valence-electron chi connectivity index (χ0n) is 15.6. The van der Waals surface area contributed by atoms with E-state index in [1.54, 1.807) is 0 Å². The van der Waals surface area contributed by atoms with Gasteiger partial charge < -0.3 is 8.92 Å². The molecule has 1 N–H and O–H groups in total. The normalized spacial score (nSPS) is 15.2. The van der Waals surface area contributed by atoms with Crippen molar-refractivity contribution in [2.75, 3.05) is 7.11 Å². The van der Waals surface area contributed by atoms with Crippen LogP contribution in [0, 0.1) is 17.0 Å². The number of carbonyl (C=O) groups is 2. The van der Waals surface area contributed by atoms with Gasteiger partial charge in [0.05, 0.1) is 16.9 Å². The predicted molar refractivity (Wildman–Crippen MR) is 108 cm³/mol. The van der Waals surface area contributed by atoms with Crippen molar-refractivity contribution in [3.8, 4) is 11.5 Å². The molecule has 2 aromatic rings. The van der Waals surface area contributed by atoms with Crippen LogP contribution in [0.1, 0.15) is 11.1 Å². The summed E-state index contributed by atoms with van der Waals surface area (Å²) in [6, 6.07) is 7.64. The Labute approximate surface area is 175 Å². The van der Waals surface area contributed by atoms with Gasteiger partial charge in [-0.3, -0.25) is 25.0 Å². The van der Waals surface area contributed by atoms with E-state index in [1.165, 1.54) is 50.4 Å². The van der Waals surface area contributed by atoms with Gasteiger partial charge in [-0.2, -0.15) is 8.42 Å². The molecule has 0 saturated carbocycles. The number of ether oxygens (including phenoxy) is 1. The first kappa shape index (κ1) is 21.3. The highest BCUT2D eigenvalue weighted by atomic mass is 32.2. The van der Waals surface area contributed by atoms with Crippen LogP contribution in [0.5, 0.6) is 11.5 Å². The third-order valence-electron chi connectivity index (χ3n) is 3.99. The van der Waals surface area contributed by atoms with Gasteiger partial charge in [0.1, 0.15) is 4.90 Å². The fourth-order valence-corrected chi connectivity index (χ4v) is 4.17. The zero-order valence-corrected chi connectivity index (χ0v) is 17.2. The summed E-state index contributed by atoms with van der Waals surface area (Å²) in [7, 11) is -3.09. The molecule has 1 fully saturated rings. The number of rotatable bonds is 6. The fourth-order valence-electron chi connectivity index (χ4n) is 2.52. The molecule has 0 unspecified atom stereocenters. The number of thioether (sulfide) groups is 1. The second-order valence-electron chi connectivity index (χ2n) is 6.01. The Morgan fingerprint density at radius 3 is 2.47 bits per heavy atom. The van der Waals surface area contributed by atoms with Gasteiger partial charge in [-0.05, 0) is 48.5 Å². The maximum atomic E-state index is 12.6. The molecule has 10 nitrogen and oxygen atoms in total. The lowest BCUT2D eigenvalue weighted by atomic mass is 10.2. The molecule has 1 heterocycles. The molecule has 0 bridgehead atoms. The SMILES string of the molecule is COc1cc(/C=C2\SC(=O)NC2=O)ccc1OS(=O)(=O)c1ccc(C)c([N+](=O)[O-])c1. The van der Waals surface area contributed by atoms with Crippen LogP contribution in [0.4, 0.5) is 10.5 Å². The molecule has 0 atom stereocenters. The largest absolute Gasteiger partial charge is 0.493 e. The van der Waals surface area contributed by atoms with Gasteiger partial charge in [0.2, 0.25) is 0 Å². The summed E-state index contributed by atoms with van der Waals surface area (Å²) in [5.74, 6) is -0.639. The molecular weight excluding hydrogens is 436 g/mol. The number of aryl methyl sites for hydroxylation is 1. The molecule has 30 heavy (non-hydrogen) atoms. The molecule has 1 aliphatic heterocycles. The Morgan fingerprint density at radius 2 is 1.87 bits per heavy atom. The Hall–Kier alpha value is -3.38. The van der Waals surface area contributed by atoms with E-state index < -0.39 is 26.2 Å². The van der Waals surface area contributed by atoms with E-state index in [-0.39, 0.29) is 27.0 Å². The van der Waals surface area contributed by atoms with Crippen LogP contribution in [-0.4, -0.2) is 31.6 Å². The van der Waals surface area contributed by atoms with Gasteiger partial charge in [0.15, 0.2) is 11.5 Å². The molecule has 0 spiro atoms. The van der Waals surface area contributed by atoms with Crippen molar-refractivity contribution < 1.29 is 31.9 Å². The minimum Gasteiger partial charge on any atom is -0.493 e. The van der Waals surface area contributed by atoms with Crippen LogP contribution in [0.3, 0.4) is 0 Å². The van der Waals surface area contributed by atoms with Crippen molar-refractivity contribution >= 4 is 44.8 Å². The lowest BCUT2D eigenvalue weighted by Crippen LogP contribution is -2.17. The van der Waals surface area contributed by atoms with Gasteiger partial charge >= 0.3 is 10.1 Å². The number of benzene rings is 2. The number of imide groups is 1. The first-order valence-electron chi connectivity index (χ1n) is 8.23. The highest BCUT2D eigenvalue weighted by Crippen LogP contribution is 2.34. The molecule has 0 aromatic heterocycles. The summed E-state index contributed by atoms with van der Waals surface area (Å²) in [6.45, 7) is 1.49. The lowest BCUT2D eigenvalue weighted by Gasteiger charge is -2.12.